The average molecular weight is 308 g/mol. The van der Waals surface area contributed by atoms with Crippen molar-refractivity contribution in [3.8, 4) is 0 Å². The zero-order valence-corrected chi connectivity index (χ0v) is 13.3. The molecule has 0 N–H and O–H groups in total. The Kier molecular flexibility index (Phi) is 3.50. The standard InChI is InChI=1S/C19H16S2/c1-2-6-15-13-14(5-1)16(18-7-3-11-20-18)9-10-17(15)19-8-4-12-21-19/h1-9,11-12,17H,10,13H2/t17-/m0/s1. The molecule has 0 unspecified atom stereocenters. The predicted molar refractivity (Wildman–Crippen MR) is 93.9 cm³/mol. The minimum atomic E-state index is 0.536. The van der Waals surface area contributed by atoms with Gasteiger partial charge in [0, 0.05) is 15.7 Å². The van der Waals surface area contributed by atoms with Crippen molar-refractivity contribution < 1.29 is 0 Å². The number of fused-ring (bicyclic) bond motifs is 2. The van der Waals surface area contributed by atoms with Crippen molar-refractivity contribution in [2.45, 2.75) is 18.8 Å². The first kappa shape index (κ1) is 13.1. The quantitative estimate of drug-likeness (QED) is 0.620. The van der Waals surface area contributed by atoms with Crippen LogP contribution in [0.1, 0.15) is 28.5 Å². The molecule has 2 heteroatoms. The summed E-state index contributed by atoms with van der Waals surface area (Å²) in [6.45, 7) is 0. The summed E-state index contributed by atoms with van der Waals surface area (Å²) in [4.78, 5) is 2.88. The van der Waals surface area contributed by atoms with Crippen molar-refractivity contribution >= 4 is 28.2 Å². The van der Waals surface area contributed by atoms with Crippen LogP contribution < -0.4 is 0 Å². The Labute approximate surface area is 133 Å². The fourth-order valence-corrected chi connectivity index (χ4v) is 4.80. The van der Waals surface area contributed by atoms with Crippen molar-refractivity contribution in [3.05, 3.63) is 86.3 Å². The summed E-state index contributed by atoms with van der Waals surface area (Å²) in [6.07, 6.45) is 13.6. The third kappa shape index (κ3) is 2.50. The Morgan fingerprint density at radius 2 is 1.81 bits per heavy atom. The molecule has 4 rings (SSSR count). The summed E-state index contributed by atoms with van der Waals surface area (Å²) >= 11 is 3.72. The van der Waals surface area contributed by atoms with Gasteiger partial charge in [-0.25, -0.2) is 0 Å². The van der Waals surface area contributed by atoms with Crippen molar-refractivity contribution in [3.63, 3.8) is 0 Å². The maximum Gasteiger partial charge on any atom is 0.0342 e. The van der Waals surface area contributed by atoms with Gasteiger partial charge in [0.15, 0.2) is 0 Å². The zero-order valence-electron chi connectivity index (χ0n) is 11.7. The van der Waals surface area contributed by atoms with Crippen LogP contribution in [0.15, 0.2) is 76.6 Å². The molecule has 2 bridgehead atoms. The topological polar surface area (TPSA) is 0 Å². The van der Waals surface area contributed by atoms with E-state index in [0.717, 1.165) is 12.8 Å². The first-order chi connectivity index (χ1) is 10.4. The monoisotopic (exact) mass is 308 g/mol. The molecule has 0 amide bonds. The number of hydrogen-bond donors (Lipinski definition) is 0. The smallest absolute Gasteiger partial charge is 0.0342 e. The van der Waals surface area contributed by atoms with E-state index in [1.807, 2.05) is 22.7 Å². The van der Waals surface area contributed by atoms with Gasteiger partial charge in [0.25, 0.3) is 0 Å². The molecule has 0 aromatic carbocycles. The third-order valence-corrected chi connectivity index (χ3v) is 6.03. The molecule has 0 aliphatic heterocycles. The lowest BCUT2D eigenvalue weighted by Gasteiger charge is -2.15. The SMILES string of the molecule is C1=CC=C2CC(=C1)C(c1cccs1)=CC[C@@H]2c1cccs1. The van der Waals surface area contributed by atoms with Crippen LogP contribution in [-0.2, 0) is 0 Å². The van der Waals surface area contributed by atoms with Crippen molar-refractivity contribution in [2.24, 2.45) is 0 Å². The first-order valence-electron chi connectivity index (χ1n) is 7.26. The highest BCUT2D eigenvalue weighted by atomic mass is 32.1. The van der Waals surface area contributed by atoms with E-state index in [4.69, 9.17) is 0 Å². The molecular weight excluding hydrogens is 292 g/mol. The summed E-state index contributed by atoms with van der Waals surface area (Å²) in [5.41, 5.74) is 4.43. The maximum absolute atomic E-state index is 2.45. The molecule has 104 valence electrons. The molecule has 2 aliphatic rings. The second-order valence-electron chi connectivity index (χ2n) is 5.39. The molecule has 0 saturated carbocycles. The molecule has 2 aromatic heterocycles. The van der Waals surface area contributed by atoms with Gasteiger partial charge in [0.1, 0.15) is 0 Å². The van der Waals surface area contributed by atoms with Crippen molar-refractivity contribution in [2.75, 3.05) is 0 Å². The summed E-state index contributed by atoms with van der Waals surface area (Å²) in [5.74, 6) is 0.536. The Hall–Kier alpha value is -1.64. The molecule has 0 nitrogen and oxygen atoms in total. The van der Waals surface area contributed by atoms with E-state index < -0.39 is 0 Å². The lowest BCUT2D eigenvalue weighted by Crippen LogP contribution is -1.98. The third-order valence-electron chi connectivity index (χ3n) is 4.14. The van der Waals surface area contributed by atoms with Crippen molar-refractivity contribution in [1.82, 2.24) is 0 Å². The highest BCUT2D eigenvalue weighted by molar-refractivity contribution is 7.11. The zero-order chi connectivity index (χ0) is 14.1. The van der Waals surface area contributed by atoms with Gasteiger partial charge in [0.05, 0.1) is 0 Å². The fourth-order valence-electron chi connectivity index (χ4n) is 3.11. The lowest BCUT2D eigenvalue weighted by molar-refractivity contribution is 0.810. The van der Waals surface area contributed by atoms with Crippen LogP contribution in [0.3, 0.4) is 0 Å². The minimum Gasteiger partial charge on any atom is -0.148 e. The molecule has 0 fully saturated rings. The highest BCUT2D eigenvalue weighted by Crippen LogP contribution is 2.43. The molecule has 0 spiro atoms. The molecule has 1 atom stereocenters. The largest absolute Gasteiger partial charge is 0.148 e. The first-order valence-corrected chi connectivity index (χ1v) is 9.02. The van der Waals surface area contributed by atoms with Gasteiger partial charge >= 0.3 is 0 Å². The summed E-state index contributed by atoms with van der Waals surface area (Å²) in [7, 11) is 0. The summed E-state index contributed by atoms with van der Waals surface area (Å²) in [6, 6.07) is 8.82. The molecule has 2 aliphatic carbocycles. The number of rotatable bonds is 2. The molecule has 2 aromatic rings. The van der Waals surface area contributed by atoms with Gasteiger partial charge in [-0.1, -0.05) is 48.1 Å². The Balaban J connectivity index is 1.81. The van der Waals surface area contributed by atoms with Gasteiger partial charge in [-0.3, -0.25) is 0 Å². The van der Waals surface area contributed by atoms with Gasteiger partial charge in [-0.05, 0) is 46.9 Å². The van der Waals surface area contributed by atoms with Crippen LogP contribution in [0, 0.1) is 0 Å². The Morgan fingerprint density at radius 3 is 2.62 bits per heavy atom. The van der Waals surface area contributed by atoms with Gasteiger partial charge < -0.3 is 0 Å². The number of thiophene rings is 2. The van der Waals surface area contributed by atoms with Crippen LogP contribution in [0.2, 0.25) is 0 Å². The fraction of sp³-hybridized carbons (Fsp3) is 0.158. The molecule has 2 heterocycles. The van der Waals surface area contributed by atoms with Crippen LogP contribution in [0.5, 0.6) is 0 Å². The summed E-state index contributed by atoms with van der Waals surface area (Å²) in [5, 5.41) is 4.36. The maximum atomic E-state index is 2.45. The van der Waals surface area contributed by atoms with E-state index >= 15 is 0 Å². The van der Waals surface area contributed by atoms with E-state index in [2.05, 4.69) is 65.4 Å². The molecule has 21 heavy (non-hydrogen) atoms. The summed E-state index contributed by atoms with van der Waals surface area (Å²) < 4.78 is 0. The number of allylic oxidation sites excluding steroid dienone is 8. The van der Waals surface area contributed by atoms with Crippen molar-refractivity contribution in [1.29, 1.82) is 0 Å². The highest BCUT2D eigenvalue weighted by Gasteiger charge is 2.23. The normalized spacial score (nSPS) is 21.1. The van der Waals surface area contributed by atoms with E-state index in [9.17, 15) is 0 Å². The van der Waals surface area contributed by atoms with E-state index in [0.29, 0.717) is 5.92 Å². The van der Waals surface area contributed by atoms with Crippen LogP contribution >= 0.6 is 22.7 Å². The number of hydrogen-bond acceptors (Lipinski definition) is 2. The van der Waals surface area contributed by atoms with Gasteiger partial charge in [0.2, 0.25) is 0 Å². The predicted octanol–water partition coefficient (Wildman–Crippen LogP) is 6.19. The molecule has 0 saturated heterocycles. The molecule has 0 radical (unpaired) electrons. The molecular formula is C19H16S2. The Morgan fingerprint density at radius 1 is 0.952 bits per heavy atom. The second kappa shape index (κ2) is 5.63. The van der Waals surface area contributed by atoms with E-state index in [1.54, 1.807) is 5.57 Å². The van der Waals surface area contributed by atoms with Gasteiger partial charge in [-0.2, -0.15) is 0 Å². The van der Waals surface area contributed by atoms with Crippen LogP contribution in [0.25, 0.3) is 5.57 Å². The Bertz CT molecular complexity index is 738. The lowest BCUT2D eigenvalue weighted by atomic mass is 9.91. The van der Waals surface area contributed by atoms with Gasteiger partial charge in [-0.15, -0.1) is 22.7 Å². The van der Waals surface area contributed by atoms with E-state index in [1.165, 1.54) is 20.9 Å². The van der Waals surface area contributed by atoms with Crippen LogP contribution in [0.4, 0.5) is 0 Å². The average Bonchev–Trinajstić information content (AvgIpc) is 3.13. The van der Waals surface area contributed by atoms with Crippen LogP contribution in [-0.4, -0.2) is 0 Å². The van der Waals surface area contributed by atoms with E-state index in [-0.39, 0.29) is 0 Å². The second-order valence-corrected chi connectivity index (χ2v) is 7.32. The minimum absolute atomic E-state index is 0.536.